The second kappa shape index (κ2) is 8.17. The van der Waals surface area contributed by atoms with Gasteiger partial charge in [-0.2, -0.15) is 0 Å². The van der Waals surface area contributed by atoms with Gasteiger partial charge < -0.3 is 5.11 Å². The lowest BCUT2D eigenvalue weighted by Gasteiger charge is -2.06. The first-order valence-corrected chi connectivity index (χ1v) is 8.33. The summed E-state index contributed by atoms with van der Waals surface area (Å²) in [5, 5.41) is 9.12. The first-order chi connectivity index (χ1) is 9.06. The lowest BCUT2D eigenvalue weighted by atomic mass is 10.1. The highest BCUT2D eigenvalue weighted by atomic mass is 32.2. The normalized spacial score (nSPS) is 11.6. The maximum absolute atomic E-state index is 11.9. The maximum Gasteiger partial charge on any atom is 0.240 e. The Morgan fingerprint density at radius 1 is 1.00 bits per heavy atom. The van der Waals surface area contributed by atoms with E-state index in [0.29, 0.717) is 6.54 Å². The van der Waals surface area contributed by atoms with Gasteiger partial charge in [-0.3, -0.25) is 0 Å². The molecule has 4 nitrogen and oxygen atoms in total. The van der Waals surface area contributed by atoms with Crippen LogP contribution < -0.4 is 4.72 Å². The number of aromatic hydroxyl groups is 1. The predicted molar refractivity (Wildman–Crippen MR) is 76.7 cm³/mol. The van der Waals surface area contributed by atoms with Gasteiger partial charge in [-0.25, -0.2) is 13.1 Å². The number of phenolic OH excluding ortho intramolecular Hbond substituents is 1. The Morgan fingerprint density at radius 2 is 1.58 bits per heavy atom. The average molecular weight is 285 g/mol. The Balaban J connectivity index is 2.29. The van der Waals surface area contributed by atoms with E-state index in [4.69, 9.17) is 5.11 Å². The fourth-order valence-corrected chi connectivity index (χ4v) is 2.89. The lowest BCUT2D eigenvalue weighted by Crippen LogP contribution is -2.24. The molecule has 2 N–H and O–H groups in total. The van der Waals surface area contributed by atoms with Crippen LogP contribution in [0.5, 0.6) is 5.75 Å². The van der Waals surface area contributed by atoms with E-state index in [2.05, 4.69) is 11.6 Å². The first-order valence-electron chi connectivity index (χ1n) is 6.85. The van der Waals surface area contributed by atoms with Crippen LogP contribution in [0.15, 0.2) is 29.2 Å². The van der Waals surface area contributed by atoms with Crippen LogP contribution >= 0.6 is 0 Å². The summed E-state index contributed by atoms with van der Waals surface area (Å²) in [4.78, 5) is 0.191. The molecular weight excluding hydrogens is 262 g/mol. The van der Waals surface area contributed by atoms with E-state index < -0.39 is 10.0 Å². The molecule has 0 saturated heterocycles. The van der Waals surface area contributed by atoms with Gasteiger partial charge in [0.2, 0.25) is 10.0 Å². The third kappa shape index (κ3) is 6.07. The van der Waals surface area contributed by atoms with Crippen molar-refractivity contribution in [3.63, 3.8) is 0 Å². The molecule has 1 rings (SSSR count). The van der Waals surface area contributed by atoms with Crippen LogP contribution in [-0.2, 0) is 10.0 Å². The van der Waals surface area contributed by atoms with E-state index in [1.54, 1.807) is 0 Å². The molecule has 0 aliphatic carbocycles. The van der Waals surface area contributed by atoms with Crippen molar-refractivity contribution < 1.29 is 13.5 Å². The Kier molecular flexibility index (Phi) is 6.87. The van der Waals surface area contributed by atoms with Crippen LogP contribution in [0.2, 0.25) is 0 Å². The molecule has 1 aromatic carbocycles. The van der Waals surface area contributed by atoms with Crippen molar-refractivity contribution in [1.82, 2.24) is 4.72 Å². The fraction of sp³-hybridized carbons (Fsp3) is 0.571. The number of unbranched alkanes of at least 4 members (excludes halogenated alkanes) is 5. The summed E-state index contributed by atoms with van der Waals surface area (Å²) in [5.74, 6) is 0.0647. The maximum atomic E-state index is 11.9. The lowest BCUT2D eigenvalue weighted by molar-refractivity contribution is 0.474. The monoisotopic (exact) mass is 285 g/mol. The summed E-state index contributed by atoms with van der Waals surface area (Å²) >= 11 is 0. The average Bonchev–Trinajstić information content (AvgIpc) is 2.38. The van der Waals surface area contributed by atoms with Gasteiger partial charge in [-0.05, 0) is 30.7 Å². The summed E-state index contributed by atoms with van der Waals surface area (Å²) in [6.07, 6.45) is 6.77. The van der Waals surface area contributed by atoms with Gasteiger partial charge in [0.05, 0.1) is 4.90 Å². The van der Waals surface area contributed by atoms with Crippen molar-refractivity contribution in [1.29, 1.82) is 0 Å². The minimum atomic E-state index is -3.44. The van der Waals surface area contributed by atoms with Gasteiger partial charge in [0.1, 0.15) is 5.75 Å². The second-order valence-electron chi connectivity index (χ2n) is 4.66. The first kappa shape index (κ1) is 16.0. The summed E-state index contributed by atoms with van der Waals surface area (Å²) in [7, 11) is -3.44. The molecule has 0 atom stereocenters. The van der Waals surface area contributed by atoms with Crippen molar-refractivity contribution in [2.75, 3.05) is 6.54 Å². The second-order valence-corrected chi connectivity index (χ2v) is 6.43. The molecule has 0 aliphatic rings. The smallest absolute Gasteiger partial charge is 0.240 e. The molecule has 5 heteroatoms. The molecule has 0 heterocycles. The van der Waals surface area contributed by atoms with Crippen LogP contribution in [0, 0.1) is 0 Å². The summed E-state index contributed by atoms with van der Waals surface area (Å²) in [6.45, 7) is 2.64. The van der Waals surface area contributed by atoms with Crippen LogP contribution in [-0.4, -0.2) is 20.1 Å². The quantitative estimate of drug-likeness (QED) is 0.685. The highest BCUT2D eigenvalue weighted by Crippen LogP contribution is 2.14. The van der Waals surface area contributed by atoms with Gasteiger partial charge in [0.25, 0.3) is 0 Å². The number of phenols is 1. The summed E-state index contributed by atoms with van der Waals surface area (Å²) in [5.41, 5.74) is 0. The van der Waals surface area contributed by atoms with Gasteiger partial charge in [0, 0.05) is 6.54 Å². The van der Waals surface area contributed by atoms with Crippen molar-refractivity contribution in [3.05, 3.63) is 24.3 Å². The molecule has 19 heavy (non-hydrogen) atoms. The molecule has 1 aromatic rings. The van der Waals surface area contributed by atoms with E-state index in [-0.39, 0.29) is 10.6 Å². The molecule has 0 saturated carbocycles. The van der Waals surface area contributed by atoms with Gasteiger partial charge in [0.15, 0.2) is 0 Å². The zero-order chi connectivity index (χ0) is 14.1. The highest BCUT2D eigenvalue weighted by Gasteiger charge is 2.12. The minimum absolute atomic E-state index is 0.0647. The Hall–Kier alpha value is -1.07. The zero-order valence-corrected chi connectivity index (χ0v) is 12.2. The molecule has 108 valence electrons. The van der Waals surface area contributed by atoms with Crippen LogP contribution in [0.4, 0.5) is 0 Å². The SMILES string of the molecule is CCCCCCCCNS(=O)(=O)c1ccc(O)cc1. The molecule has 0 aromatic heterocycles. The Morgan fingerprint density at radius 3 is 2.21 bits per heavy atom. The van der Waals surface area contributed by atoms with E-state index in [1.807, 2.05) is 0 Å². The summed E-state index contributed by atoms with van der Waals surface area (Å²) < 4.78 is 26.3. The van der Waals surface area contributed by atoms with Crippen molar-refractivity contribution in [3.8, 4) is 5.75 Å². The van der Waals surface area contributed by atoms with Crippen LogP contribution in [0.1, 0.15) is 45.4 Å². The van der Waals surface area contributed by atoms with Gasteiger partial charge >= 0.3 is 0 Å². The predicted octanol–water partition coefficient (Wildman–Crippen LogP) is 3.03. The molecular formula is C14H23NO3S. The van der Waals surface area contributed by atoms with E-state index in [9.17, 15) is 8.42 Å². The number of rotatable bonds is 9. The molecule has 0 spiro atoms. The number of nitrogens with one attached hydrogen (secondary N) is 1. The number of hydrogen-bond donors (Lipinski definition) is 2. The number of benzene rings is 1. The van der Waals surface area contributed by atoms with Gasteiger partial charge in [-0.15, -0.1) is 0 Å². The van der Waals surface area contributed by atoms with Crippen molar-refractivity contribution in [2.24, 2.45) is 0 Å². The molecule has 0 amide bonds. The minimum Gasteiger partial charge on any atom is -0.508 e. The fourth-order valence-electron chi connectivity index (χ4n) is 1.82. The zero-order valence-electron chi connectivity index (χ0n) is 11.4. The van der Waals surface area contributed by atoms with Crippen LogP contribution in [0.3, 0.4) is 0 Å². The van der Waals surface area contributed by atoms with Crippen LogP contribution in [0.25, 0.3) is 0 Å². The Labute approximate surface area is 115 Å². The molecule has 0 fully saturated rings. The standard InChI is InChI=1S/C14H23NO3S/c1-2-3-4-5-6-7-12-15-19(17,18)14-10-8-13(16)9-11-14/h8-11,15-16H,2-7,12H2,1H3. The molecule has 0 unspecified atom stereocenters. The van der Waals surface area contributed by atoms with Crippen molar-refractivity contribution >= 4 is 10.0 Å². The van der Waals surface area contributed by atoms with E-state index in [1.165, 1.54) is 43.5 Å². The molecule has 0 bridgehead atoms. The third-order valence-electron chi connectivity index (χ3n) is 2.97. The number of hydrogen-bond acceptors (Lipinski definition) is 3. The third-order valence-corrected chi connectivity index (χ3v) is 4.45. The number of sulfonamides is 1. The highest BCUT2D eigenvalue weighted by molar-refractivity contribution is 7.89. The summed E-state index contributed by atoms with van der Waals surface area (Å²) in [6, 6.07) is 5.55. The Bertz CT molecular complexity index is 454. The molecule has 0 radical (unpaired) electrons. The van der Waals surface area contributed by atoms with E-state index >= 15 is 0 Å². The largest absolute Gasteiger partial charge is 0.508 e. The van der Waals surface area contributed by atoms with Crippen molar-refractivity contribution in [2.45, 2.75) is 50.3 Å². The van der Waals surface area contributed by atoms with Gasteiger partial charge in [-0.1, -0.05) is 39.0 Å². The van der Waals surface area contributed by atoms with E-state index in [0.717, 1.165) is 19.3 Å². The molecule has 0 aliphatic heterocycles. The topological polar surface area (TPSA) is 66.4 Å².